The molecule has 0 bridgehead atoms. The highest BCUT2D eigenvalue weighted by atomic mass is 32.2. The van der Waals surface area contributed by atoms with Crippen molar-refractivity contribution in [1.29, 1.82) is 5.41 Å². The third-order valence-electron chi connectivity index (χ3n) is 2.53. The van der Waals surface area contributed by atoms with Gasteiger partial charge in [0.1, 0.15) is 5.84 Å². The van der Waals surface area contributed by atoms with Crippen LogP contribution in [-0.2, 0) is 0 Å². The van der Waals surface area contributed by atoms with Gasteiger partial charge in [0.2, 0.25) is 0 Å². The number of anilines is 1. The lowest BCUT2D eigenvalue weighted by molar-refractivity contribution is 0.0886. The summed E-state index contributed by atoms with van der Waals surface area (Å²) in [6.07, 6.45) is 1.96. The van der Waals surface area contributed by atoms with E-state index in [4.69, 9.17) is 11.1 Å². The lowest BCUT2D eigenvalue weighted by Crippen LogP contribution is -2.37. The highest BCUT2D eigenvalue weighted by Gasteiger charge is 2.19. The van der Waals surface area contributed by atoms with Crippen molar-refractivity contribution in [1.82, 2.24) is 0 Å². The number of nitrogens with zero attached hydrogens (tertiary/aromatic N) is 1. The Hall–Kier alpha value is -1.20. The van der Waals surface area contributed by atoms with Gasteiger partial charge in [0.05, 0.1) is 11.2 Å². The smallest absolute Gasteiger partial charge is 0.126 e. The van der Waals surface area contributed by atoms with E-state index in [1.165, 1.54) is 0 Å². The second-order valence-electron chi connectivity index (χ2n) is 4.94. The standard InChI is InChI=1S/C13H21N3OS/c1-13(2,17)8-16(3)9-6-5-7-10(18-4)11(9)12(14)15/h5-7,17H,8H2,1-4H3,(H3,14,15). The molecule has 1 aromatic rings. The molecule has 0 atom stereocenters. The Morgan fingerprint density at radius 2 is 2.11 bits per heavy atom. The first-order valence-electron chi connectivity index (χ1n) is 5.71. The Morgan fingerprint density at radius 3 is 2.56 bits per heavy atom. The molecular formula is C13H21N3OS. The number of aliphatic hydroxyl groups is 1. The fourth-order valence-corrected chi connectivity index (χ4v) is 2.58. The third kappa shape index (κ3) is 3.65. The molecule has 0 radical (unpaired) electrons. The van der Waals surface area contributed by atoms with Crippen LogP contribution in [0.15, 0.2) is 23.1 Å². The van der Waals surface area contributed by atoms with Gasteiger partial charge in [-0.05, 0) is 32.2 Å². The maximum atomic E-state index is 9.87. The van der Waals surface area contributed by atoms with E-state index in [0.29, 0.717) is 6.54 Å². The van der Waals surface area contributed by atoms with Gasteiger partial charge >= 0.3 is 0 Å². The van der Waals surface area contributed by atoms with E-state index < -0.39 is 5.60 Å². The summed E-state index contributed by atoms with van der Waals surface area (Å²) in [6, 6.07) is 5.81. The number of thioether (sulfide) groups is 1. The highest BCUT2D eigenvalue weighted by molar-refractivity contribution is 7.98. The van der Waals surface area contributed by atoms with Gasteiger partial charge in [-0.1, -0.05) is 6.07 Å². The zero-order chi connectivity index (χ0) is 13.9. The Labute approximate surface area is 113 Å². The minimum Gasteiger partial charge on any atom is -0.389 e. The molecule has 0 aliphatic carbocycles. The predicted octanol–water partition coefficient (Wildman–Crippen LogP) is 1.90. The largest absolute Gasteiger partial charge is 0.389 e. The van der Waals surface area contributed by atoms with Crippen LogP contribution in [0.2, 0.25) is 0 Å². The summed E-state index contributed by atoms with van der Waals surface area (Å²) in [7, 11) is 1.89. The number of nitrogen functional groups attached to an aromatic ring is 1. The minimum atomic E-state index is -0.793. The molecule has 0 heterocycles. The van der Waals surface area contributed by atoms with Gasteiger partial charge in [-0.2, -0.15) is 0 Å². The number of hydrogen-bond donors (Lipinski definition) is 3. The van der Waals surface area contributed by atoms with Crippen LogP contribution in [0.4, 0.5) is 5.69 Å². The predicted molar refractivity (Wildman–Crippen MR) is 78.8 cm³/mol. The van der Waals surface area contributed by atoms with Gasteiger partial charge in [0, 0.05) is 24.2 Å². The summed E-state index contributed by atoms with van der Waals surface area (Å²) in [5.41, 5.74) is 6.48. The summed E-state index contributed by atoms with van der Waals surface area (Å²) >= 11 is 1.56. The monoisotopic (exact) mass is 267 g/mol. The molecule has 0 aromatic heterocycles. The van der Waals surface area contributed by atoms with E-state index >= 15 is 0 Å². The zero-order valence-electron chi connectivity index (χ0n) is 11.3. The Bertz CT molecular complexity index is 440. The number of likely N-dealkylation sites (N-methyl/N-ethyl adjacent to an activating group) is 1. The number of hydrogen-bond acceptors (Lipinski definition) is 4. The zero-order valence-corrected chi connectivity index (χ0v) is 12.1. The van der Waals surface area contributed by atoms with Crippen molar-refractivity contribution < 1.29 is 5.11 Å². The molecule has 0 saturated heterocycles. The molecule has 4 N–H and O–H groups in total. The molecule has 0 spiro atoms. The molecule has 4 nitrogen and oxygen atoms in total. The van der Waals surface area contributed by atoms with Gasteiger partial charge < -0.3 is 15.7 Å². The van der Waals surface area contributed by atoms with E-state index in [9.17, 15) is 5.11 Å². The van der Waals surface area contributed by atoms with Crippen LogP contribution >= 0.6 is 11.8 Å². The second kappa shape index (κ2) is 5.63. The van der Waals surface area contributed by atoms with Crippen molar-refractivity contribution in [3.05, 3.63) is 23.8 Å². The summed E-state index contributed by atoms with van der Waals surface area (Å²) in [5, 5.41) is 17.6. The minimum absolute atomic E-state index is 0.0533. The summed E-state index contributed by atoms with van der Waals surface area (Å²) < 4.78 is 0. The topological polar surface area (TPSA) is 73.3 Å². The van der Waals surface area contributed by atoms with Gasteiger partial charge in [-0.25, -0.2) is 0 Å². The van der Waals surface area contributed by atoms with Crippen molar-refractivity contribution in [2.24, 2.45) is 5.73 Å². The first-order chi connectivity index (χ1) is 8.26. The molecule has 1 aromatic carbocycles. The fraction of sp³-hybridized carbons (Fsp3) is 0.462. The quantitative estimate of drug-likeness (QED) is 0.433. The van der Waals surface area contributed by atoms with E-state index in [-0.39, 0.29) is 5.84 Å². The van der Waals surface area contributed by atoms with E-state index in [1.807, 2.05) is 36.4 Å². The van der Waals surface area contributed by atoms with Crippen LogP contribution in [0.1, 0.15) is 19.4 Å². The van der Waals surface area contributed by atoms with Gasteiger partial charge in [-0.3, -0.25) is 5.41 Å². The number of benzene rings is 1. The van der Waals surface area contributed by atoms with Crippen LogP contribution < -0.4 is 10.6 Å². The number of rotatable bonds is 5. The van der Waals surface area contributed by atoms with E-state index in [2.05, 4.69) is 0 Å². The molecule has 0 aliphatic heterocycles. The number of nitrogens with one attached hydrogen (secondary N) is 1. The molecule has 5 heteroatoms. The first-order valence-corrected chi connectivity index (χ1v) is 6.93. The average Bonchev–Trinajstić information content (AvgIpc) is 2.25. The molecule has 100 valence electrons. The summed E-state index contributed by atoms with van der Waals surface area (Å²) in [6.45, 7) is 4.00. The normalized spacial score (nSPS) is 11.4. The fourth-order valence-electron chi connectivity index (χ4n) is 1.94. The maximum absolute atomic E-state index is 9.87. The van der Waals surface area contributed by atoms with Crippen molar-refractivity contribution in [3.8, 4) is 0 Å². The van der Waals surface area contributed by atoms with E-state index in [0.717, 1.165) is 16.1 Å². The van der Waals surface area contributed by atoms with Crippen molar-refractivity contribution in [3.63, 3.8) is 0 Å². The lowest BCUT2D eigenvalue weighted by Gasteiger charge is -2.29. The van der Waals surface area contributed by atoms with E-state index in [1.54, 1.807) is 25.6 Å². The van der Waals surface area contributed by atoms with Crippen LogP contribution in [0.3, 0.4) is 0 Å². The maximum Gasteiger partial charge on any atom is 0.126 e. The Morgan fingerprint density at radius 1 is 1.50 bits per heavy atom. The molecule has 0 amide bonds. The molecular weight excluding hydrogens is 246 g/mol. The van der Waals surface area contributed by atoms with Crippen molar-refractivity contribution in [2.45, 2.75) is 24.3 Å². The molecule has 0 saturated carbocycles. The Kier molecular flexibility index (Phi) is 4.65. The van der Waals surface area contributed by atoms with Gasteiger partial charge in [0.15, 0.2) is 0 Å². The molecule has 0 aliphatic rings. The van der Waals surface area contributed by atoms with Crippen LogP contribution in [0, 0.1) is 5.41 Å². The third-order valence-corrected chi connectivity index (χ3v) is 3.31. The molecule has 0 fully saturated rings. The molecule has 1 rings (SSSR count). The van der Waals surface area contributed by atoms with Crippen LogP contribution in [-0.4, -0.2) is 36.4 Å². The second-order valence-corrected chi connectivity index (χ2v) is 5.78. The first kappa shape index (κ1) is 14.9. The number of amidine groups is 1. The summed E-state index contributed by atoms with van der Waals surface area (Å²) in [5.74, 6) is 0.0533. The average molecular weight is 267 g/mol. The molecule has 18 heavy (non-hydrogen) atoms. The Balaban J connectivity index is 3.19. The number of nitrogens with two attached hydrogens (primary N) is 1. The lowest BCUT2D eigenvalue weighted by atomic mass is 10.1. The van der Waals surface area contributed by atoms with Crippen molar-refractivity contribution >= 4 is 23.3 Å². The molecule has 0 unspecified atom stereocenters. The summed E-state index contributed by atoms with van der Waals surface area (Å²) in [4.78, 5) is 2.90. The van der Waals surface area contributed by atoms with Crippen LogP contribution in [0.25, 0.3) is 0 Å². The van der Waals surface area contributed by atoms with Crippen LogP contribution in [0.5, 0.6) is 0 Å². The SMILES string of the molecule is CSc1cccc(N(C)CC(C)(C)O)c1C(=N)N. The van der Waals surface area contributed by atoms with Crippen molar-refractivity contribution in [2.75, 3.05) is 24.7 Å². The highest BCUT2D eigenvalue weighted by Crippen LogP contribution is 2.29. The van der Waals surface area contributed by atoms with Gasteiger partial charge in [0.25, 0.3) is 0 Å². The van der Waals surface area contributed by atoms with Gasteiger partial charge in [-0.15, -0.1) is 11.8 Å².